The van der Waals surface area contributed by atoms with Crippen molar-refractivity contribution < 1.29 is 31.1 Å². The van der Waals surface area contributed by atoms with Crippen molar-refractivity contribution in [2.75, 3.05) is 0 Å². The fourth-order valence-corrected chi connectivity index (χ4v) is 2.99. The molecule has 1 N–H and O–H groups in total. The molecule has 0 spiro atoms. The highest BCUT2D eigenvalue weighted by Crippen LogP contribution is 2.32. The van der Waals surface area contributed by atoms with E-state index in [1.54, 1.807) is 6.92 Å². The van der Waals surface area contributed by atoms with Crippen LogP contribution in [0.1, 0.15) is 33.1 Å². The standard InChI is InChI=1S/C18H16F6N6O/c1-9-12(8-26-16(31)11-7-14(18(22,23)24)27-29(11)2)30(3)28-15(9)10-4-5-25-13(6-10)17(19,20)21/h4-7H,8H2,1-3H3,(H,26,31). The molecule has 0 atom stereocenters. The van der Waals surface area contributed by atoms with Gasteiger partial charge < -0.3 is 5.32 Å². The summed E-state index contributed by atoms with van der Waals surface area (Å²) in [4.78, 5) is 15.6. The van der Waals surface area contributed by atoms with Crippen molar-refractivity contribution in [1.29, 1.82) is 0 Å². The van der Waals surface area contributed by atoms with Crippen molar-refractivity contribution in [3.63, 3.8) is 0 Å². The highest BCUT2D eigenvalue weighted by molar-refractivity contribution is 5.92. The van der Waals surface area contributed by atoms with Crippen LogP contribution in [-0.4, -0.2) is 30.5 Å². The molecule has 0 bridgehead atoms. The Kier molecular flexibility index (Phi) is 5.54. The second-order valence-corrected chi connectivity index (χ2v) is 6.69. The lowest BCUT2D eigenvalue weighted by atomic mass is 10.1. The van der Waals surface area contributed by atoms with Crippen molar-refractivity contribution in [3.8, 4) is 11.3 Å². The lowest BCUT2D eigenvalue weighted by Gasteiger charge is -2.08. The van der Waals surface area contributed by atoms with Gasteiger partial charge in [-0.2, -0.15) is 36.5 Å². The van der Waals surface area contributed by atoms with Crippen LogP contribution < -0.4 is 5.32 Å². The molecular formula is C18H16F6N6O. The van der Waals surface area contributed by atoms with Gasteiger partial charge in [0.1, 0.15) is 11.4 Å². The first-order valence-electron chi connectivity index (χ1n) is 8.74. The molecule has 0 unspecified atom stereocenters. The average molecular weight is 446 g/mol. The van der Waals surface area contributed by atoms with Gasteiger partial charge in [-0.3, -0.25) is 19.1 Å². The predicted molar refractivity (Wildman–Crippen MR) is 95.6 cm³/mol. The number of nitrogens with zero attached hydrogens (tertiary/aromatic N) is 5. The molecule has 0 saturated carbocycles. The van der Waals surface area contributed by atoms with E-state index in [4.69, 9.17) is 0 Å². The monoisotopic (exact) mass is 446 g/mol. The van der Waals surface area contributed by atoms with E-state index in [0.29, 0.717) is 17.3 Å². The number of pyridine rings is 1. The maximum Gasteiger partial charge on any atom is 0.435 e. The fourth-order valence-electron chi connectivity index (χ4n) is 2.99. The summed E-state index contributed by atoms with van der Waals surface area (Å²) in [5, 5.41) is 9.98. The topological polar surface area (TPSA) is 77.6 Å². The van der Waals surface area contributed by atoms with Crippen LogP contribution in [0.3, 0.4) is 0 Å². The van der Waals surface area contributed by atoms with Crippen LogP contribution in [-0.2, 0) is 33.0 Å². The summed E-state index contributed by atoms with van der Waals surface area (Å²) in [7, 11) is 2.74. The zero-order valence-corrected chi connectivity index (χ0v) is 16.4. The Hall–Kier alpha value is -3.38. The SMILES string of the molecule is Cc1c(-c2ccnc(C(F)(F)F)c2)nn(C)c1CNC(=O)c1cc(C(F)(F)F)nn1C. The maximum absolute atomic E-state index is 12.9. The summed E-state index contributed by atoms with van der Waals surface area (Å²) in [5.41, 5.74) is -1.14. The number of nitrogens with one attached hydrogen (secondary N) is 1. The van der Waals surface area contributed by atoms with Gasteiger partial charge >= 0.3 is 12.4 Å². The summed E-state index contributed by atoms with van der Waals surface area (Å²) in [5.74, 6) is -0.795. The van der Waals surface area contributed by atoms with E-state index in [2.05, 4.69) is 20.5 Å². The molecule has 0 aromatic carbocycles. The van der Waals surface area contributed by atoms with Crippen LogP contribution >= 0.6 is 0 Å². The minimum atomic E-state index is -4.69. The number of aryl methyl sites for hydroxylation is 2. The molecule has 1 amide bonds. The minimum Gasteiger partial charge on any atom is -0.345 e. The van der Waals surface area contributed by atoms with Gasteiger partial charge in [-0.05, 0) is 19.1 Å². The lowest BCUT2D eigenvalue weighted by molar-refractivity contribution is -0.142. The van der Waals surface area contributed by atoms with Gasteiger partial charge in [0.25, 0.3) is 5.91 Å². The molecule has 3 heterocycles. The molecule has 0 aliphatic rings. The first kappa shape index (κ1) is 22.3. The zero-order valence-electron chi connectivity index (χ0n) is 16.4. The summed E-state index contributed by atoms with van der Waals surface area (Å²) in [6, 6.07) is 2.87. The first-order valence-corrected chi connectivity index (χ1v) is 8.74. The van der Waals surface area contributed by atoms with Crippen LogP contribution in [0, 0.1) is 6.92 Å². The Bertz CT molecular complexity index is 1130. The van der Waals surface area contributed by atoms with E-state index in [1.807, 2.05) is 0 Å². The van der Waals surface area contributed by atoms with Gasteiger partial charge in [-0.1, -0.05) is 0 Å². The summed E-state index contributed by atoms with van der Waals surface area (Å²) in [6.07, 6.45) is -8.29. The van der Waals surface area contributed by atoms with Crippen molar-refractivity contribution >= 4 is 5.91 Å². The van der Waals surface area contributed by atoms with E-state index in [9.17, 15) is 31.1 Å². The van der Waals surface area contributed by atoms with Gasteiger partial charge in [0.2, 0.25) is 0 Å². The Balaban J connectivity index is 1.83. The molecular weight excluding hydrogens is 430 g/mol. The van der Waals surface area contributed by atoms with Crippen LogP contribution in [0.2, 0.25) is 0 Å². The number of carbonyl (C=O) groups is 1. The second-order valence-electron chi connectivity index (χ2n) is 6.69. The minimum absolute atomic E-state index is 0.113. The van der Waals surface area contributed by atoms with Gasteiger partial charge in [0.05, 0.1) is 17.9 Å². The molecule has 7 nitrogen and oxygen atoms in total. The van der Waals surface area contributed by atoms with E-state index >= 15 is 0 Å². The average Bonchev–Trinajstić information content (AvgIpc) is 3.19. The Morgan fingerprint density at radius 1 is 1.00 bits per heavy atom. The van der Waals surface area contributed by atoms with Gasteiger partial charge in [-0.25, -0.2) is 0 Å². The molecule has 3 aromatic rings. The number of hydrogen-bond donors (Lipinski definition) is 1. The van der Waals surface area contributed by atoms with Crippen LogP contribution in [0.25, 0.3) is 11.3 Å². The summed E-state index contributed by atoms with van der Waals surface area (Å²) in [6.45, 7) is 1.50. The fraction of sp³-hybridized carbons (Fsp3) is 0.333. The van der Waals surface area contributed by atoms with Gasteiger partial charge in [-0.15, -0.1) is 0 Å². The third-order valence-corrected chi connectivity index (χ3v) is 4.57. The van der Waals surface area contributed by atoms with Gasteiger partial charge in [0, 0.05) is 37.5 Å². The normalized spacial score (nSPS) is 12.3. The molecule has 0 radical (unpaired) electrons. The van der Waals surface area contributed by atoms with Crippen LogP contribution in [0.15, 0.2) is 24.4 Å². The van der Waals surface area contributed by atoms with E-state index in [-0.39, 0.29) is 23.5 Å². The first-order chi connectivity index (χ1) is 14.3. The Labute approximate surface area is 171 Å². The summed E-state index contributed by atoms with van der Waals surface area (Å²) < 4.78 is 79.3. The molecule has 3 aromatic heterocycles. The molecule has 0 saturated heterocycles. The molecule has 166 valence electrons. The third kappa shape index (κ3) is 4.54. The predicted octanol–water partition coefficient (Wildman–Crippen LogP) is 3.49. The number of halogens is 6. The third-order valence-electron chi connectivity index (χ3n) is 4.57. The maximum atomic E-state index is 12.9. The van der Waals surface area contributed by atoms with E-state index in [1.165, 1.54) is 24.8 Å². The Morgan fingerprint density at radius 3 is 2.23 bits per heavy atom. The molecule has 3 rings (SSSR count). The van der Waals surface area contributed by atoms with Crippen molar-refractivity contribution in [2.45, 2.75) is 25.8 Å². The van der Waals surface area contributed by atoms with E-state index < -0.39 is 29.6 Å². The molecule has 0 fully saturated rings. The van der Waals surface area contributed by atoms with Crippen molar-refractivity contribution in [3.05, 3.63) is 52.7 Å². The smallest absolute Gasteiger partial charge is 0.345 e. The van der Waals surface area contributed by atoms with Gasteiger partial charge in [0.15, 0.2) is 5.69 Å². The number of carbonyl (C=O) groups excluding carboxylic acids is 1. The Morgan fingerprint density at radius 2 is 1.65 bits per heavy atom. The summed E-state index contributed by atoms with van der Waals surface area (Å²) >= 11 is 0. The number of hydrogen-bond acceptors (Lipinski definition) is 4. The lowest BCUT2D eigenvalue weighted by Crippen LogP contribution is -2.26. The highest BCUT2D eigenvalue weighted by Gasteiger charge is 2.35. The highest BCUT2D eigenvalue weighted by atomic mass is 19.4. The van der Waals surface area contributed by atoms with Crippen LogP contribution in [0.5, 0.6) is 0 Å². The largest absolute Gasteiger partial charge is 0.435 e. The number of alkyl halides is 6. The number of amides is 1. The van der Waals surface area contributed by atoms with Crippen LogP contribution in [0.4, 0.5) is 26.3 Å². The zero-order chi connectivity index (χ0) is 23.1. The van der Waals surface area contributed by atoms with Crippen molar-refractivity contribution in [2.24, 2.45) is 14.1 Å². The molecule has 0 aliphatic heterocycles. The second kappa shape index (κ2) is 7.71. The van der Waals surface area contributed by atoms with E-state index in [0.717, 1.165) is 16.9 Å². The van der Waals surface area contributed by atoms with Crippen molar-refractivity contribution in [1.82, 2.24) is 29.9 Å². The molecule has 0 aliphatic carbocycles. The molecule has 31 heavy (non-hydrogen) atoms. The number of rotatable bonds is 4. The number of aromatic nitrogens is 5. The molecule has 13 heteroatoms. The quantitative estimate of drug-likeness (QED) is 0.623.